The van der Waals surface area contributed by atoms with Crippen LogP contribution in [0.2, 0.25) is 5.02 Å². The van der Waals surface area contributed by atoms with E-state index in [9.17, 15) is 4.79 Å². The fourth-order valence-electron chi connectivity index (χ4n) is 3.62. The summed E-state index contributed by atoms with van der Waals surface area (Å²) in [7, 11) is 0. The van der Waals surface area contributed by atoms with Crippen LogP contribution in [0.3, 0.4) is 0 Å². The predicted molar refractivity (Wildman–Crippen MR) is 85.3 cm³/mol. The Kier molecular flexibility index (Phi) is 4.27. The van der Waals surface area contributed by atoms with Crippen molar-refractivity contribution >= 4 is 29.3 Å². The van der Waals surface area contributed by atoms with Crippen LogP contribution in [0.15, 0.2) is 24.3 Å². The highest BCUT2D eigenvalue weighted by molar-refractivity contribution is 7.99. The Morgan fingerprint density at radius 1 is 1.30 bits per heavy atom. The first-order chi connectivity index (χ1) is 9.69. The van der Waals surface area contributed by atoms with E-state index in [0.717, 1.165) is 23.7 Å². The van der Waals surface area contributed by atoms with Crippen molar-refractivity contribution in [3.63, 3.8) is 0 Å². The minimum Gasteiger partial charge on any atom is -0.336 e. The number of halogens is 1. The zero-order valence-electron chi connectivity index (χ0n) is 11.7. The molecule has 2 aliphatic rings. The Morgan fingerprint density at radius 2 is 1.95 bits per heavy atom. The second kappa shape index (κ2) is 5.98. The molecule has 0 saturated carbocycles. The zero-order valence-corrected chi connectivity index (χ0v) is 13.3. The standard InChI is InChI=1S/C16H20ClNOS/c1-20-14-9-12-6-7-13(10-14)18(12)16(19)8-11-4-2-3-5-15(11)17/h2-5,12-14H,6-10H2,1H3. The maximum absolute atomic E-state index is 12.6. The van der Waals surface area contributed by atoms with Gasteiger partial charge in [-0.3, -0.25) is 4.79 Å². The molecule has 2 atom stereocenters. The van der Waals surface area contributed by atoms with Gasteiger partial charge in [0.2, 0.25) is 5.91 Å². The molecule has 1 amide bonds. The number of hydrogen-bond donors (Lipinski definition) is 0. The summed E-state index contributed by atoms with van der Waals surface area (Å²) in [4.78, 5) is 14.8. The third-order valence-corrected chi connectivity index (χ3v) is 6.03. The van der Waals surface area contributed by atoms with Gasteiger partial charge in [-0.15, -0.1) is 0 Å². The highest BCUT2D eigenvalue weighted by Gasteiger charge is 2.42. The number of nitrogens with zero attached hydrogens (tertiary/aromatic N) is 1. The third kappa shape index (κ3) is 2.71. The van der Waals surface area contributed by atoms with Gasteiger partial charge in [0.05, 0.1) is 6.42 Å². The first-order valence-electron chi connectivity index (χ1n) is 7.26. The molecule has 0 aliphatic carbocycles. The van der Waals surface area contributed by atoms with Crippen LogP contribution in [0, 0.1) is 0 Å². The van der Waals surface area contributed by atoms with Crippen molar-refractivity contribution in [2.24, 2.45) is 0 Å². The number of amides is 1. The molecule has 108 valence electrons. The van der Waals surface area contributed by atoms with Gasteiger partial charge in [0.1, 0.15) is 0 Å². The first-order valence-corrected chi connectivity index (χ1v) is 8.93. The first kappa shape index (κ1) is 14.3. The number of thioether (sulfide) groups is 1. The summed E-state index contributed by atoms with van der Waals surface area (Å²) in [5, 5.41) is 1.43. The molecule has 4 heteroatoms. The van der Waals surface area contributed by atoms with Gasteiger partial charge in [-0.25, -0.2) is 0 Å². The van der Waals surface area contributed by atoms with Crippen molar-refractivity contribution in [1.82, 2.24) is 4.90 Å². The van der Waals surface area contributed by atoms with Crippen molar-refractivity contribution in [1.29, 1.82) is 0 Å². The fraction of sp³-hybridized carbons (Fsp3) is 0.562. The number of fused-ring (bicyclic) bond motifs is 2. The molecule has 3 rings (SSSR count). The van der Waals surface area contributed by atoms with E-state index in [4.69, 9.17) is 11.6 Å². The minimum atomic E-state index is 0.255. The van der Waals surface area contributed by atoms with E-state index in [1.165, 1.54) is 12.8 Å². The molecule has 1 aromatic rings. The highest BCUT2D eigenvalue weighted by Crippen LogP contribution is 2.39. The Hall–Kier alpha value is -0.670. The van der Waals surface area contributed by atoms with E-state index in [2.05, 4.69) is 11.2 Å². The Balaban J connectivity index is 1.71. The second-order valence-corrected chi connectivity index (χ2v) is 7.33. The van der Waals surface area contributed by atoms with Gasteiger partial charge < -0.3 is 4.90 Å². The fourth-order valence-corrected chi connectivity index (χ4v) is 4.65. The number of piperidine rings is 1. The van der Waals surface area contributed by atoms with Gasteiger partial charge >= 0.3 is 0 Å². The molecule has 0 aromatic heterocycles. The highest BCUT2D eigenvalue weighted by atomic mass is 35.5. The van der Waals surface area contributed by atoms with E-state index in [0.29, 0.717) is 23.5 Å². The number of benzene rings is 1. The molecule has 2 heterocycles. The molecule has 2 aliphatic heterocycles. The van der Waals surface area contributed by atoms with Crippen LogP contribution in [0.4, 0.5) is 0 Å². The van der Waals surface area contributed by atoms with Crippen LogP contribution < -0.4 is 0 Å². The average molecular weight is 310 g/mol. The number of rotatable bonds is 3. The summed E-state index contributed by atoms with van der Waals surface area (Å²) in [6.45, 7) is 0. The summed E-state index contributed by atoms with van der Waals surface area (Å²) < 4.78 is 0. The summed E-state index contributed by atoms with van der Waals surface area (Å²) in [5.74, 6) is 0.255. The molecule has 20 heavy (non-hydrogen) atoms. The van der Waals surface area contributed by atoms with Gasteiger partial charge in [-0.2, -0.15) is 11.8 Å². The lowest BCUT2D eigenvalue weighted by Gasteiger charge is -2.38. The average Bonchev–Trinajstić information content (AvgIpc) is 2.72. The minimum absolute atomic E-state index is 0.255. The monoisotopic (exact) mass is 309 g/mol. The lowest BCUT2D eigenvalue weighted by molar-refractivity contribution is -0.134. The van der Waals surface area contributed by atoms with Gasteiger partial charge in [0.15, 0.2) is 0 Å². The molecule has 2 fully saturated rings. The van der Waals surface area contributed by atoms with Gasteiger partial charge in [-0.05, 0) is 43.6 Å². The molecule has 2 bridgehead atoms. The lowest BCUT2D eigenvalue weighted by atomic mass is 10.0. The number of carbonyl (C=O) groups excluding carboxylic acids is 1. The molecule has 2 saturated heterocycles. The van der Waals surface area contributed by atoms with Crippen molar-refractivity contribution in [2.75, 3.05) is 6.26 Å². The largest absolute Gasteiger partial charge is 0.336 e. The van der Waals surface area contributed by atoms with Crippen molar-refractivity contribution in [3.05, 3.63) is 34.9 Å². The third-order valence-electron chi connectivity index (χ3n) is 4.61. The molecule has 0 radical (unpaired) electrons. The summed E-state index contributed by atoms with van der Waals surface area (Å²) in [6.07, 6.45) is 7.30. The maximum Gasteiger partial charge on any atom is 0.227 e. The van der Waals surface area contributed by atoms with Crippen LogP contribution in [-0.2, 0) is 11.2 Å². The summed E-state index contributed by atoms with van der Waals surface area (Å²) >= 11 is 8.12. The topological polar surface area (TPSA) is 20.3 Å². The van der Waals surface area contributed by atoms with E-state index in [-0.39, 0.29) is 5.91 Å². The van der Waals surface area contributed by atoms with Crippen LogP contribution in [0.5, 0.6) is 0 Å². The second-order valence-electron chi connectivity index (χ2n) is 5.78. The van der Waals surface area contributed by atoms with Crippen LogP contribution in [0.1, 0.15) is 31.2 Å². The maximum atomic E-state index is 12.6. The van der Waals surface area contributed by atoms with Gasteiger partial charge in [-0.1, -0.05) is 29.8 Å². The van der Waals surface area contributed by atoms with Crippen LogP contribution >= 0.6 is 23.4 Å². The van der Waals surface area contributed by atoms with E-state index in [1.54, 1.807) is 0 Å². The zero-order chi connectivity index (χ0) is 14.1. The molecule has 2 nitrogen and oxygen atoms in total. The van der Waals surface area contributed by atoms with Gasteiger partial charge in [0, 0.05) is 22.4 Å². The van der Waals surface area contributed by atoms with Crippen LogP contribution in [0.25, 0.3) is 0 Å². The van der Waals surface area contributed by atoms with E-state index in [1.807, 2.05) is 36.0 Å². The summed E-state index contributed by atoms with van der Waals surface area (Å²) in [5.41, 5.74) is 0.950. The Morgan fingerprint density at radius 3 is 2.55 bits per heavy atom. The van der Waals surface area contributed by atoms with Crippen molar-refractivity contribution in [3.8, 4) is 0 Å². The number of carbonyl (C=O) groups is 1. The van der Waals surface area contributed by atoms with Crippen LogP contribution in [-0.4, -0.2) is 34.4 Å². The Labute approximate surface area is 129 Å². The normalized spacial score (nSPS) is 28.7. The van der Waals surface area contributed by atoms with Crippen molar-refractivity contribution < 1.29 is 4.79 Å². The molecule has 0 spiro atoms. The lowest BCUT2D eigenvalue weighted by Crippen LogP contribution is -2.47. The Bertz CT molecular complexity index is 493. The molecule has 2 unspecified atom stereocenters. The predicted octanol–water partition coefficient (Wildman–Crippen LogP) is 3.77. The molecule has 0 N–H and O–H groups in total. The van der Waals surface area contributed by atoms with Gasteiger partial charge in [0.25, 0.3) is 0 Å². The van der Waals surface area contributed by atoms with Crippen molar-refractivity contribution in [2.45, 2.75) is 49.4 Å². The molecule has 1 aromatic carbocycles. The number of hydrogen-bond acceptors (Lipinski definition) is 2. The molecular formula is C16H20ClNOS. The smallest absolute Gasteiger partial charge is 0.227 e. The quantitative estimate of drug-likeness (QED) is 0.847. The molecular weight excluding hydrogens is 290 g/mol. The SMILES string of the molecule is CSC1CC2CCC(C1)N2C(=O)Cc1ccccc1Cl. The van der Waals surface area contributed by atoms with E-state index < -0.39 is 0 Å². The van der Waals surface area contributed by atoms with E-state index >= 15 is 0 Å². The summed E-state index contributed by atoms with van der Waals surface area (Å²) in [6, 6.07) is 8.59.